The molecule has 1 aromatic carbocycles. The summed E-state index contributed by atoms with van der Waals surface area (Å²) in [6.07, 6.45) is 2.68. The minimum absolute atomic E-state index is 0.223. The van der Waals surface area contributed by atoms with Gasteiger partial charge in [0.1, 0.15) is 0 Å². The lowest BCUT2D eigenvalue weighted by molar-refractivity contribution is 0.582. The van der Waals surface area contributed by atoms with Crippen LogP contribution >= 0.6 is 47.8 Å². The fraction of sp³-hybridized carbons (Fsp3) is 0.214. The molecule has 1 N–H and O–H groups in total. The van der Waals surface area contributed by atoms with Crippen LogP contribution in [0.15, 0.2) is 49.9 Å². The van der Waals surface area contributed by atoms with Crippen molar-refractivity contribution in [2.45, 2.75) is 12.5 Å². The zero-order valence-electron chi connectivity index (χ0n) is 10.3. The highest BCUT2D eigenvalue weighted by Crippen LogP contribution is 2.28. The minimum atomic E-state index is 0.223. The molecule has 0 radical (unpaired) electrons. The highest BCUT2D eigenvalue weighted by Gasteiger charge is 2.14. The topological polar surface area (TPSA) is 24.9 Å². The maximum absolute atomic E-state index is 4.43. The lowest BCUT2D eigenvalue weighted by Gasteiger charge is -2.18. The number of nitrogens with one attached hydrogen (secondary N) is 1. The first-order valence-electron chi connectivity index (χ1n) is 5.83. The van der Waals surface area contributed by atoms with Gasteiger partial charge in [0.05, 0.1) is 0 Å². The van der Waals surface area contributed by atoms with Crippen molar-refractivity contribution in [1.29, 1.82) is 0 Å². The quantitative estimate of drug-likeness (QED) is 0.721. The molecule has 0 spiro atoms. The third kappa shape index (κ3) is 4.12. The Hall–Kier alpha value is -0.230. The smallest absolute Gasteiger partial charge is 0.0423 e. The van der Waals surface area contributed by atoms with Gasteiger partial charge in [-0.1, -0.05) is 31.9 Å². The molecule has 1 atom stereocenters. The van der Waals surface area contributed by atoms with Crippen LogP contribution in [0, 0.1) is 0 Å². The van der Waals surface area contributed by atoms with Crippen molar-refractivity contribution in [3.63, 3.8) is 0 Å². The second kappa shape index (κ2) is 6.97. The van der Waals surface area contributed by atoms with Gasteiger partial charge in [0.15, 0.2) is 0 Å². The predicted molar refractivity (Wildman–Crippen MR) is 89.3 cm³/mol. The SMILES string of the molecule is CNC(Cc1ccc(Br)cn1)c1cc(Br)ccc1Br. The Bertz CT molecular complexity index is 555. The molecule has 0 aliphatic rings. The first-order valence-corrected chi connectivity index (χ1v) is 8.20. The normalized spacial score (nSPS) is 12.4. The number of likely N-dealkylation sites (N-methyl/N-ethyl adjacent to an activating group) is 1. The maximum atomic E-state index is 4.43. The first-order chi connectivity index (χ1) is 9.10. The monoisotopic (exact) mass is 446 g/mol. The van der Waals surface area contributed by atoms with E-state index >= 15 is 0 Å². The summed E-state index contributed by atoms with van der Waals surface area (Å²) < 4.78 is 3.18. The summed E-state index contributed by atoms with van der Waals surface area (Å²) in [7, 11) is 1.97. The summed E-state index contributed by atoms with van der Waals surface area (Å²) in [4.78, 5) is 4.43. The third-order valence-corrected chi connectivity index (χ3v) is 4.57. The van der Waals surface area contributed by atoms with E-state index in [1.54, 1.807) is 0 Å². The van der Waals surface area contributed by atoms with Crippen LogP contribution < -0.4 is 5.32 Å². The molecule has 5 heteroatoms. The Kier molecular flexibility index (Phi) is 5.57. The molecule has 100 valence electrons. The molecule has 0 aliphatic heterocycles. The Morgan fingerprint density at radius 1 is 1.11 bits per heavy atom. The van der Waals surface area contributed by atoms with Crippen molar-refractivity contribution in [2.75, 3.05) is 7.05 Å². The van der Waals surface area contributed by atoms with Crippen LogP contribution in [0.2, 0.25) is 0 Å². The average molecular weight is 449 g/mol. The molecule has 0 amide bonds. The van der Waals surface area contributed by atoms with E-state index in [0.717, 1.165) is 25.5 Å². The second-order valence-electron chi connectivity index (χ2n) is 4.18. The average Bonchev–Trinajstić information content (AvgIpc) is 2.41. The summed E-state index contributed by atoms with van der Waals surface area (Å²) in [5.74, 6) is 0. The van der Waals surface area contributed by atoms with E-state index in [4.69, 9.17) is 0 Å². The van der Waals surface area contributed by atoms with Gasteiger partial charge in [-0.3, -0.25) is 4.98 Å². The van der Waals surface area contributed by atoms with E-state index in [1.807, 2.05) is 31.4 Å². The molecule has 0 fully saturated rings. The van der Waals surface area contributed by atoms with Crippen molar-refractivity contribution in [3.05, 3.63) is 61.2 Å². The number of hydrogen-bond donors (Lipinski definition) is 1. The highest BCUT2D eigenvalue weighted by atomic mass is 79.9. The molecule has 1 aromatic heterocycles. The molecule has 0 saturated carbocycles. The molecule has 2 aromatic rings. The zero-order valence-corrected chi connectivity index (χ0v) is 15.1. The molecular weight excluding hydrogens is 436 g/mol. The van der Waals surface area contributed by atoms with Gasteiger partial charge in [0.2, 0.25) is 0 Å². The molecular formula is C14H13Br3N2. The molecule has 2 rings (SSSR count). The van der Waals surface area contributed by atoms with Crippen LogP contribution in [-0.4, -0.2) is 12.0 Å². The van der Waals surface area contributed by atoms with Crippen molar-refractivity contribution in [3.8, 4) is 0 Å². The molecule has 1 unspecified atom stereocenters. The lowest BCUT2D eigenvalue weighted by Crippen LogP contribution is -2.19. The van der Waals surface area contributed by atoms with E-state index in [2.05, 4.69) is 70.2 Å². The number of nitrogens with zero attached hydrogens (tertiary/aromatic N) is 1. The van der Waals surface area contributed by atoms with Crippen molar-refractivity contribution < 1.29 is 0 Å². The first kappa shape index (κ1) is 15.2. The number of halogens is 3. The maximum Gasteiger partial charge on any atom is 0.0423 e. The van der Waals surface area contributed by atoms with Gasteiger partial charge in [0.25, 0.3) is 0 Å². The van der Waals surface area contributed by atoms with Crippen molar-refractivity contribution in [1.82, 2.24) is 10.3 Å². The van der Waals surface area contributed by atoms with E-state index in [9.17, 15) is 0 Å². The Morgan fingerprint density at radius 3 is 2.47 bits per heavy atom. The van der Waals surface area contributed by atoms with Gasteiger partial charge in [-0.25, -0.2) is 0 Å². The fourth-order valence-electron chi connectivity index (χ4n) is 1.89. The number of rotatable bonds is 4. The number of aromatic nitrogens is 1. The van der Waals surface area contributed by atoms with Gasteiger partial charge >= 0.3 is 0 Å². The molecule has 1 heterocycles. The largest absolute Gasteiger partial charge is 0.313 e. The van der Waals surface area contributed by atoms with Crippen molar-refractivity contribution in [2.24, 2.45) is 0 Å². The Morgan fingerprint density at radius 2 is 1.84 bits per heavy atom. The van der Waals surface area contributed by atoms with E-state index < -0.39 is 0 Å². The standard InChI is InChI=1S/C14H13Br3N2/c1-18-14(7-11-4-2-10(16)8-19-11)12-6-9(15)3-5-13(12)17/h2-6,8,14,18H,7H2,1H3. The Balaban J connectivity index is 2.24. The van der Waals surface area contributed by atoms with Crippen LogP contribution in [0.25, 0.3) is 0 Å². The third-order valence-electron chi connectivity index (χ3n) is 2.88. The molecule has 0 saturated heterocycles. The summed E-state index contributed by atoms with van der Waals surface area (Å²) in [5, 5.41) is 3.35. The van der Waals surface area contributed by atoms with Gasteiger partial charge in [0, 0.05) is 37.8 Å². The van der Waals surface area contributed by atoms with Crippen LogP contribution in [-0.2, 0) is 6.42 Å². The second-order valence-corrected chi connectivity index (χ2v) is 6.86. The number of benzene rings is 1. The van der Waals surface area contributed by atoms with Gasteiger partial charge in [-0.15, -0.1) is 0 Å². The number of hydrogen-bond acceptors (Lipinski definition) is 2. The highest BCUT2D eigenvalue weighted by molar-refractivity contribution is 9.11. The lowest BCUT2D eigenvalue weighted by atomic mass is 10.0. The van der Waals surface area contributed by atoms with E-state index in [0.29, 0.717) is 0 Å². The fourth-order valence-corrected chi connectivity index (χ4v) is 3.02. The molecule has 2 nitrogen and oxygen atoms in total. The molecule has 19 heavy (non-hydrogen) atoms. The zero-order chi connectivity index (χ0) is 13.8. The van der Waals surface area contributed by atoms with Crippen molar-refractivity contribution >= 4 is 47.8 Å². The summed E-state index contributed by atoms with van der Waals surface area (Å²) >= 11 is 10.5. The van der Waals surface area contributed by atoms with Crippen LogP contribution in [0.3, 0.4) is 0 Å². The van der Waals surface area contributed by atoms with Gasteiger partial charge < -0.3 is 5.32 Å². The molecule has 0 aliphatic carbocycles. The number of pyridine rings is 1. The predicted octanol–water partition coefficient (Wildman–Crippen LogP) is 4.87. The molecule has 0 bridgehead atoms. The van der Waals surface area contributed by atoms with E-state index in [-0.39, 0.29) is 6.04 Å². The Labute approximate surface area is 138 Å². The summed E-state index contributed by atoms with van der Waals surface area (Å²) in [5.41, 5.74) is 2.29. The van der Waals surface area contributed by atoms with Crippen LogP contribution in [0.5, 0.6) is 0 Å². The van der Waals surface area contributed by atoms with Crippen LogP contribution in [0.1, 0.15) is 17.3 Å². The van der Waals surface area contributed by atoms with Gasteiger partial charge in [-0.2, -0.15) is 0 Å². The van der Waals surface area contributed by atoms with Crippen LogP contribution in [0.4, 0.5) is 0 Å². The van der Waals surface area contributed by atoms with Gasteiger partial charge in [-0.05, 0) is 58.9 Å². The minimum Gasteiger partial charge on any atom is -0.313 e. The summed E-state index contributed by atoms with van der Waals surface area (Å²) in [6.45, 7) is 0. The van der Waals surface area contributed by atoms with E-state index in [1.165, 1.54) is 5.56 Å². The summed E-state index contributed by atoms with van der Waals surface area (Å²) in [6, 6.07) is 10.5.